The Morgan fingerprint density at radius 2 is 1.68 bits per heavy atom. The molecule has 0 amide bonds. The van der Waals surface area contributed by atoms with Crippen LogP contribution in [0.5, 0.6) is 5.75 Å². The number of ether oxygens (including phenoxy) is 1. The highest BCUT2D eigenvalue weighted by Crippen LogP contribution is 2.32. The predicted molar refractivity (Wildman–Crippen MR) is 114 cm³/mol. The first kappa shape index (κ1) is 18.8. The van der Waals surface area contributed by atoms with Gasteiger partial charge in [0, 0.05) is 27.6 Å². The van der Waals surface area contributed by atoms with Gasteiger partial charge in [0.2, 0.25) is 0 Å². The van der Waals surface area contributed by atoms with Gasteiger partial charge in [-0.1, -0.05) is 53.0 Å². The van der Waals surface area contributed by atoms with Gasteiger partial charge in [-0.2, -0.15) is 0 Å². The quantitative estimate of drug-likeness (QED) is 0.448. The summed E-state index contributed by atoms with van der Waals surface area (Å²) in [4.78, 5) is 12.7. The Morgan fingerprint density at radius 1 is 0.964 bits per heavy atom. The number of hydrogen-bond acceptors (Lipinski definition) is 2. The molecule has 0 saturated heterocycles. The summed E-state index contributed by atoms with van der Waals surface area (Å²) in [6, 6.07) is 19.2. The van der Waals surface area contributed by atoms with Gasteiger partial charge in [-0.15, -0.1) is 0 Å². The second kappa shape index (κ2) is 7.83. The van der Waals surface area contributed by atoms with Gasteiger partial charge in [0.1, 0.15) is 12.4 Å². The first-order valence-electron chi connectivity index (χ1n) is 9.00. The van der Waals surface area contributed by atoms with Crippen molar-refractivity contribution in [1.82, 2.24) is 0 Å². The van der Waals surface area contributed by atoms with Crippen LogP contribution in [-0.4, -0.2) is 5.78 Å². The Morgan fingerprint density at radius 3 is 2.39 bits per heavy atom. The van der Waals surface area contributed by atoms with Crippen LogP contribution in [0.25, 0.3) is 6.08 Å². The molecule has 1 aliphatic carbocycles. The molecule has 1 aliphatic rings. The lowest BCUT2D eigenvalue weighted by Crippen LogP contribution is -1.97. The van der Waals surface area contributed by atoms with Crippen LogP contribution in [-0.2, 0) is 13.0 Å². The number of halogens is 2. The maximum absolute atomic E-state index is 12.7. The van der Waals surface area contributed by atoms with Gasteiger partial charge in [-0.05, 0) is 66.1 Å². The molecule has 0 radical (unpaired) electrons. The molecule has 0 aliphatic heterocycles. The molecule has 0 N–H and O–H groups in total. The highest BCUT2D eigenvalue weighted by atomic mass is 35.5. The molecule has 4 rings (SSSR count). The molecule has 140 valence electrons. The van der Waals surface area contributed by atoms with Crippen LogP contribution in [0.1, 0.15) is 32.6 Å². The van der Waals surface area contributed by atoms with Crippen LogP contribution in [0, 0.1) is 6.92 Å². The summed E-state index contributed by atoms with van der Waals surface area (Å²) in [5.74, 6) is 0.801. The van der Waals surface area contributed by atoms with Crippen molar-refractivity contribution in [3.8, 4) is 5.75 Å². The minimum Gasteiger partial charge on any atom is -0.489 e. The van der Waals surface area contributed by atoms with Crippen molar-refractivity contribution >= 4 is 35.1 Å². The SMILES string of the molecule is Cc1ccc(COc2ccc3c(c2)C/C(=C\c2cc(Cl)cc(Cl)c2)C3=O)cc1. The van der Waals surface area contributed by atoms with Crippen molar-refractivity contribution in [2.75, 3.05) is 0 Å². The number of carbonyl (C=O) groups is 1. The smallest absolute Gasteiger partial charge is 0.189 e. The van der Waals surface area contributed by atoms with E-state index < -0.39 is 0 Å². The highest BCUT2D eigenvalue weighted by Gasteiger charge is 2.25. The number of Topliss-reactive ketones (excluding diaryl/α,β-unsaturated/α-hetero) is 1. The average Bonchev–Trinajstić information content (AvgIpc) is 2.95. The highest BCUT2D eigenvalue weighted by molar-refractivity contribution is 6.34. The molecule has 0 saturated carbocycles. The number of benzene rings is 3. The number of rotatable bonds is 4. The summed E-state index contributed by atoms with van der Waals surface area (Å²) < 4.78 is 5.91. The van der Waals surface area contributed by atoms with E-state index in [0.717, 1.165) is 33.6 Å². The first-order chi connectivity index (χ1) is 13.5. The van der Waals surface area contributed by atoms with Gasteiger partial charge in [-0.25, -0.2) is 0 Å². The fraction of sp³-hybridized carbons (Fsp3) is 0.125. The number of ketones is 1. The Labute approximate surface area is 174 Å². The van der Waals surface area contributed by atoms with Gasteiger partial charge in [-0.3, -0.25) is 4.79 Å². The van der Waals surface area contributed by atoms with E-state index >= 15 is 0 Å². The van der Waals surface area contributed by atoms with Crippen LogP contribution < -0.4 is 4.74 Å². The molecule has 0 fully saturated rings. The number of aryl methyl sites for hydroxylation is 1. The molecule has 3 aromatic rings. The summed E-state index contributed by atoms with van der Waals surface area (Å²) in [5, 5.41) is 1.10. The molecular weight excluding hydrogens is 391 g/mol. The lowest BCUT2D eigenvalue weighted by atomic mass is 10.1. The van der Waals surface area contributed by atoms with Crippen LogP contribution >= 0.6 is 23.2 Å². The van der Waals surface area contributed by atoms with Crippen molar-refractivity contribution in [3.63, 3.8) is 0 Å². The number of fused-ring (bicyclic) bond motifs is 1. The summed E-state index contributed by atoms with van der Waals surface area (Å²) in [5.41, 5.74) is 5.59. The van der Waals surface area contributed by atoms with E-state index in [4.69, 9.17) is 27.9 Å². The van der Waals surface area contributed by atoms with E-state index in [1.54, 1.807) is 18.2 Å². The lowest BCUT2D eigenvalue weighted by Gasteiger charge is -2.08. The molecule has 0 atom stereocenters. The van der Waals surface area contributed by atoms with E-state index in [1.807, 2.05) is 24.3 Å². The molecule has 0 bridgehead atoms. The van der Waals surface area contributed by atoms with E-state index in [1.165, 1.54) is 5.56 Å². The zero-order valence-corrected chi connectivity index (χ0v) is 16.8. The average molecular weight is 409 g/mol. The van der Waals surface area contributed by atoms with Gasteiger partial charge >= 0.3 is 0 Å². The van der Waals surface area contributed by atoms with Gasteiger partial charge in [0.05, 0.1) is 0 Å². The zero-order valence-electron chi connectivity index (χ0n) is 15.3. The van der Waals surface area contributed by atoms with Crippen LogP contribution in [0.4, 0.5) is 0 Å². The van der Waals surface area contributed by atoms with Crippen molar-refractivity contribution < 1.29 is 9.53 Å². The molecule has 0 unspecified atom stereocenters. The maximum atomic E-state index is 12.7. The third-order valence-corrected chi connectivity index (χ3v) is 5.18. The van der Waals surface area contributed by atoms with Gasteiger partial charge in [0.25, 0.3) is 0 Å². The second-order valence-corrected chi connectivity index (χ2v) is 7.84. The molecular formula is C24H18Cl2O2. The molecule has 0 aromatic heterocycles. The van der Waals surface area contributed by atoms with Crippen molar-refractivity contribution in [2.45, 2.75) is 20.0 Å². The number of carbonyl (C=O) groups excluding carboxylic acids is 1. The molecule has 4 heteroatoms. The molecule has 3 aromatic carbocycles. The van der Waals surface area contributed by atoms with E-state index in [9.17, 15) is 4.79 Å². The van der Waals surface area contributed by atoms with Crippen LogP contribution in [0.3, 0.4) is 0 Å². The Balaban J connectivity index is 1.52. The lowest BCUT2D eigenvalue weighted by molar-refractivity contribution is 0.104. The topological polar surface area (TPSA) is 26.3 Å². The Kier molecular flexibility index (Phi) is 5.25. The number of allylic oxidation sites excluding steroid dienone is 1. The Hall–Kier alpha value is -2.55. The zero-order chi connectivity index (χ0) is 19.7. The van der Waals surface area contributed by atoms with Crippen molar-refractivity contribution in [1.29, 1.82) is 0 Å². The second-order valence-electron chi connectivity index (χ2n) is 6.97. The fourth-order valence-corrected chi connectivity index (χ4v) is 3.86. The normalized spacial score (nSPS) is 14.4. The molecule has 28 heavy (non-hydrogen) atoms. The summed E-state index contributed by atoms with van der Waals surface area (Å²) in [6.45, 7) is 2.56. The van der Waals surface area contributed by atoms with Crippen LogP contribution in [0.2, 0.25) is 10.0 Å². The van der Waals surface area contributed by atoms with Crippen molar-refractivity contribution in [3.05, 3.63) is 104 Å². The first-order valence-corrected chi connectivity index (χ1v) is 9.76. The maximum Gasteiger partial charge on any atom is 0.189 e. The summed E-state index contributed by atoms with van der Waals surface area (Å²) >= 11 is 12.1. The van der Waals surface area contributed by atoms with Gasteiger partial charge in [0.15, 0.2) is 5.78 Å². The fourth-order valence-electron chi connectivity index (χ4n) is 3.31. The molecule has 2 nitrogen and oxygen atoms in total. The third kappa shape index (κ3) is 4.14. The Bertz CT molecular complexity index is 1060. The monoisotopic (exact) mass is 408 g/mol. The molecule has 0 spiro atoms. The van der Waals surface area contributed by atoms with E-state index in [2.05, 4.69) is 31.2 Å². The predicted octanol–water partition coefficient (Wildman–Crippen LogP) is 6.70. The summed E-state index contributed by atoms with van der Waals surface area (Å²) in [7, 11) is 0. The van der Waals surface area contributed by atoms with E-state index in [0.29, 0.717) is 23.1 Å². The third-order valence-electron chi connectivity index (χ3n) is 4.75. The largest absolute Gasteiger partial charge is 0.489 e. The van der Waals surface area contributed by atoms with Crippen molar-refractivity contribution in [2.24, 2.45) is 0 Å². The molecule has 0 heterocycles. The van der Waals surface area contributed by atoms with Crippen LogP contribution in [0.15, 0.2) is 66.2 Å². The minimum atomic E-state index is 0.0381. The van der Waals surface area contributed by atoms with E-state index in [-0.39, 0.29) is 5.78 Å². The van der Waals surface area contributed by atoms with Gasteiger partial charge < -0.3 is 4.74 Å². The summed E-state index contributed by atoms with van der Waals surface area (Å²) in [6.07, 6.45) is 2.42. The standard InChI is InChI=1S/C24H18Cl2O2/c1-15-2-4-16(5-3-15)14-28-22-6-7-23-18(12-22)11-19(24(23)27)8-17-9-20(25)13-21(26)10-17/h2-10,12-13H,11,14H2,1H3/b19-8+. The number of hydrogen-bond donors (Lipinski definition) is 0. The minimum absolute atomic E-state index is 0.0381.